The third-order valence-electron chi connectivity index (χ3n) is 3.93. The van der Waals surface area contributed by atoms with Crippen molar-refractivity contribution in [2.24, 2.45) is 5.84 Å². The normalized spacial score (nSPS) is 18.7. The average molecular weight is 309 g/mol. The van der Waals surface area contributed by atoms with Gasteiger partial charge < -0.3 is 10.3 Å². The van der Waals surface area contributed by atoms with E-state index in [1.165, 1.54) is 0 Å². The summed E-state index contributed by atoms with van der Waals surface area (Å²) in [7, 11) is 0. The summed E-state index contributed by atoms with van der Waals surface area (Å²) in [6, 6.07) is 0. The number of anilines is 2. The van der Waals surface area contributed by atoms with Crippen molar-refractivity contribution in [2.75, 3.05) is 29.2 Å². The van der Waals surface area contributed by atoms with Gasteiger partial charge in [0.15, 0.2) is 0 Å². The molecule has 0 amide bonds. The minimum atomic E-state index is 0.286. The van der Waals surface area contributed by atoms with E-state index < -0.39 is 0 Å². The number of hydrazine groups is 1. The Kier molecular flexibility index (Phi) is 4.99. The fraction of sp³-hybridized carbons (Fsp3) is 0.733. The largest absolute Gasteiger partial charge is 0.355 e. The Labute approximate surface area is 132 Å². The van der Waals surface area contributed by atoms with E-state index in [-0.39, 0.29) is 5.92 Å². The highest BCUT2D eigenvalue weighted by Gasteiger charge is 2.26. The van der Waals surface area contributed by atoms with Crippen molar-refractivity contribution < 1.29 is 0 Å². The van der Waals surface area contributed by atoms with Gasteiger partial charge in [0.1, 0.15) is 17.5 Å². The minimum absolute atomic E-state index is 0.286. The van der Waals surface area contributed by atoms with E-state index in [2.05, 4.69) is 43.0 Å². The maximum absolute atomic E-state index is 5.63. The molecule has 0 atom stereocenters. The van der Waals surface area contributed by atoms with Crippen molar-refractivity contribution in [2.45, 2.75) is 51.7 Å². The lowest BCUT2D eigenvalue weighted by Gasteiger charge is -2.26. The van der Waals surface area contributed by atoms with Gasteiger partial charge >= 0.3 is 0 Å². The molecular formula is C15H27N5S. The summed E-state index contributed by atoms with van der Waals surface area (Å²) in [5.74, 6) is 9.65. The molecule has 0 aliphatic carbocycles. The zero-order chi connectivity index (χ0) is 15.6. The molecule has 1 saturated heterocycles. The summed E-state index contributed by atoms with van der Waals surface area (Å²) in [6.45, 7) is 12.9. The lowest BCUT2D eigenvalue weighted by atomic mass is 10.1. The molecule has 0 spiro atoms. The summed E-state index contributed by atoms with van der Waals surface area (Å²) < 4.78 is 0.339. The van der Waals surface area contributed by atoms with Crippen LogP contribution in [0.1, 0.15) is 51.4 Å². The first kappa shape index (κ1) is 16.4. The summed E-state index contributed by atoms with van der Waals surface area (Å²) in [5.41, 5.74) is 3.75. The Morgan fingerprint density at radius 1 is 1.29 bits per heavy atom. The average Bonchev–Trinajstić information content (AvgIpc) is 2.60. The molecule has 1 aliphatic heterocycles. The number of nitrogens with zero attached hydrogens (tertiary/aromatic N) is 3. The molecule has 118 valence electrons. The van der Waals surface area contributed by atoms with E-state index in [0.29, 0.717) is 4.75 Å². The fourth-order valence-electron chi connectivity index (χ4n) is 2.46. The number of nitrogens with two attached hydrogens (primary N) is 1. The van der Waals surface area contributed by atoms with Crippen LogP contribution in [0.2, 0.25) is 0 Å². The van der Waals surface area contributed by atoms with E-state index >= 15 is 0 Å². The molecule has 21 heavy (non-hydrogen) atoms. The summed E-state index contributed by atoms with van der Waals surface area (Å²) in [4.78, 5) is 11.7. The van der Waals surface area contributed by atoms with Crippen molar-refractivity contribution in [3.63, 3.8) is 0 Å². The Morgan fingerprint density at radius 2 is 2.00 bits per heavy atom. The highest BCUT2D eigenvalue weighted by Crippen LogP contribution is 2.33. The van der Waals surface area contributed by atoms with Crippen LogP contribution in [0.4, 0.5) is 11.6 Å². The van der Waals surface area contributed by atoms with Crippen molar-refractivity contribution in [1.29, 1.82) is 0 Å². The molecule has 2 heterocycles. The highest BCUT2D eigenvalue weighted by atomic mass is 32.2. The fourth-order valence-corrected chi connectivity index (χ4v) is 3.56. The van der Waals surface area contributed by atoms with Crippen LogP contribution in [0.3, 0.4) is 0 Å². The molecule has 3 N–H and O–H groups in total. The van der Waals surface area contributed by atoms with Crippen molar-refractivity contribution in [1.82, 2.24) is 9.97 Å². The van der Waals surface area contributed by atoms with Crippen LogP contribution < -0.4 is 16.2 Å². The van der Waals surface area contributed by atoms with Gasteiger partial charge in [0.05, 0.1) is 0 Å². The predicted molar refractivity (Wildman–Crippen MR) is 92.0 cm³/mol. The number of aromatic nitrogens is 2. The Balaban J connectivity index is 2.35. The first-order chi connectivity index (χ1) is 9.84. The molecule has 0 saturated carbocycles. The SMILES string of the molecule is Cc1c(NN)nc(C(C)C)nc1N1CCSC(C)(C)CC1. The zero-order valence-electron chi connectivity index (χ0n) is 13.7. The van der Waals surface area contributed by atoms with Crippen LogP contribution in [0.5, 0.6) is 0 Å². The smallest absolute Gasteiger partial charge is 0.148 e. The molecule has 0 aromatic carbocycles. The summed E-state index contributed by atoms with van der Waals surface area (Å²) in [5, 5.41) is 0. The van der Waals surface area contributed by atoms with Crippen molar-refractivity contribution in [3.05, 3.63) is 11.4 Å². The number of thioether (sulfide) groups is 1. The molecule has 1 aliphatic rings. The maximum Gasteiger partial charge on any atom is 0.148 e. The second kappa shape index (κ2) is 6.40. The van der Waals surface area contributed by atoms with Crippen LogP contribution in [0.15, 0.2) is 0 Å². The van der Waals surface area contributed by atoms with Gasteiger partial charge in [-0.15, -0.1) is 0 Å². The van der Waals surface area contributed by atoms with Crippen LogP contribution in [-0.4, -0.2) is 33.6 Å². The van der Waals surface area contributed by atoms with Gasteiger partial charge in [-0.25, -0.2) is 15.8 Å². The van der Waals surface area contributed by atoms with E-state index in [4.69, 9.17) is 10.8 Å². The lowest BCUT2D eigenvalue weighted by molar-refractivity contribution is 0.632. The third kappa shape index (κ3) is 3.80. The van der Waals surface area contributed by atoms with Gasteiger partial charge in [-0.2, -0.15) is 11.8 Å². The van der Waals surface area contributed by atoms with E-state index in [9.17, 15) is 0 Å². The van der Waals surface area contributed by atoms with Crippen LogP contribution in [-0.2, 0) is 0 Å². The van der Waals surface area contributed by atoms with E-state index in [1.807, 2.05) is 18.7 Å². The predicted octanol–water partition coefficient (Wildman–Crippen LogP) is 2.92. The van der Waals surface area contributed by atoms with Crippen molar-refractivity contribution >= 4 is 23.4 Å². The van der Waals surface area contributed by atoms with E-state index in [0.717, 1.165) is 48.3 Å². The Hall–Kier alpha value is -1.01. The molecule has 1 fully saturated rings. The molecule has 0 bridgehead atoms. The molecule has 5 nitrogen and oxygen atoms in total. The van der Waals surface area contributed by atoms with Gasteiger partial charge in [-0.3, -0.25) is 0 Å². The molecule has 1 aromatic rings. The van der Waals surface area contributed by atoms with Crippen LogP contribution in [0.25, 0.3) is 0 Å². The van der Waals surface area contributed by atoms with Crippen molar-refractivity contribution in [3.8, 4) is 0 Å². The molecule has 1 aromatic heterocycles. The summed E-state index contributed by atoms with van der Waals surface area (Å²) >= 11 is 2.04. The molecule has 2 rings (SSSR count). The zero-order valence-corrected chi connectivity index (χ0v) is 14.5. The second-order valence-corrected chi connectivity index (χ2v) is 8.33. The van der Waals surface area contributed by atoms with Gasteiger partial charge in [-0.1, -0.05) is 27.7 Å². The Morgan fingerprint density at radius 3 is 2.62 bits per heavy atom. The van der Waals surface area contributed by atoms with Crippen LogP contribution in [0, 0.1) is 6.92 Å². The molecule has 6 heteroatoms. The minimum Gasteiger partial charge on any atom is -0.355 e. The number of nitrogen functional groups attached to an aromatic ring is 1. The van der Waals surface area contributed by atoms with Gasteiger partial charge in [0.25, 0.3) is 0 Å². The van der Waals surface area contributed by atoms with Crippen LogP contribution >= 0.6 is 11.8 Å². The molecular weight excluding hydrogens is 282 g/mol. The monoisotopic (exact) mass is 309 g/mol. The number of hydrogen-bond donors (Lipinski definition) is 2. The van der Waals surface area contributed by atoms with Gasteiger partial charge in [0, 0.05) is 35.1 Å². The quantitative estimate of drug-likeness (QED) is 0.661. The second-order valence-electron chi connectivity index (χ2n) is 6.52. The highest BCUT2D eigenvalue weighted by molar-refractivity contribution is 8.00. The molecule has 0 radical (unpaired) electrons. The lowest BCUT2D eigenvalue weighted by Crippen LogP contribution is -2.29. The van der Waals surface area contributed by atoms with E-state index in [1.54, 1.807) is 0 Å². The number of hydrogen-bond acceptors (Lipinski definition) is 6. The maximum atomic E-state index is 5.63. The first-order valence-electron chi connectivity index (χ1n) is 7.58. The molecule has 0 unspecified atom stereocenters. The topological polar surface area (TPSA) is 67.1 Å². The Bertz CT molecular complexity index is 501. The van der Waals surface area contributed by atoms with Gasteiger partial charge in [-0.05, 0) is 13.3 Å². The standard InChI is InChI=1S/C15H27N5S/c1-10(2)12-17-13(19-16)11(3)14(18-12)20-7-6-15(4,5)21-9-8-20/h10H,6-9,16H2,1-5H3,(H,17,18,19). The van der Waals surface area contributed by atoms with Gasteiger partial charge in [0.2, 0.25) is 0 Å². The third-order valence-corrected chi connectivity index (χ3v) is 5.30. The number of rotatable bonds is 3. The number of nitrogens with one attached hydrogen (secondary N) is 1. The first-order valence-corrected chi connectivity index (χ1v) is 8.56. The summed E-state index contributed by atoms with van der Waals surface area (Å²) in [6.07, 6.45) is 1.16.